The van der Waals surface area contributed by atoms with Crippen LogP contribution in [-0.4, -0.2) is 27.4 Å². The first-order valence-electron chi connectivity index (χ1n) is 9.17. The van der Waals surface area contributed by atoms with Gasteiger partial charge in [0.15, 0.2) is 11.5 Å². The van der Waals surface area contributed by atoms with Crippen LogP contribution < -0.4 is 25.3 Å². The van der Waals surface area contributed by atoms with Crippen molar-refractivity contribution < 1.29 is 14.2 Å². The lowest BCUT2D eigenvalue weighted by Gasteiger charge is -2.28. The molecule has 1 aliphatic heterocycles. The molecule has 0 fully saturated rings. The molecule has 26 heavy (non-hydrogen) atoms. The number of hydrogen-bond donors (Lipinski definition) is 2. The first-order valence-corrected chi connectivity index (χ1v) is 9.17. The second kappa shape index (κ2) is 8.81. The van der Waals surface area contributed by atoms with Crippen LogP contribution in [0, 0.1) is 0 Å². The van der Waals surface area contributed by atoms with Crippen LogP contribution in [0.25, 0.3) is 0 Å². The van der Waals surface area contributed by atoms with Gasteiger partial charge in [0.25, 0.3) is 0 Å². The van der Waals surface area contributed by atoms with Crippen LogP contribution in [0.4, 0.5) is 5.69 Å². The molecule has 0 aromatic heterocycles. The Morgan fingerprint density at radius 2 is 1.77 bits per heavy atom. The van der Waals surface area contributed by atoms with Crippen molar-refractivity contribution in [1.82, 2.24) is 5.32 Å². The van der Waals surface area contributed by atoms with Gasteiger partial charge in [-0.05, 0) is 79.8 Å². The molecule has 1 heterocycles. The second-order valence-electron chi connectivity index (χ2n) is 6.58. The zero-order valence-corrected chi connectivity index (χ0v) is 15.6. The van der Waals surface area contributed by atoms with Crippen molar-refractivity contribution in [2.24, 2.45) is 0 Å². The molecule has 0 bridgehead atoms. The van der Waals surface area contributed by atoms with E-state index < -0.39 is 0 Å². The van der Waals surface area contributed by atoms with Crippen molar-refractivity contribution >= 4 is 5.69 Å². The summed E-state index contributed by atoms with van der Waals surface area (Å²) in [5.41, 5.74) is 9.12. The molecule has 1 aliphatic rings. The van der Waals surface area contributed by atoms with E-state index >= 15 is 0 Å². The zero-order valence-electron chi connectivity index (χ0n) is 15.6. The molecule has 1 unspecified atom stereocenters. The molecule has 2 aromatic carbocycles. The molecule has 1 atom stereocenters. The third kappa shape index (κ3) is 4.41. The summed E-state index contributed by atoms with van der Waals surface area (Å²) in [5.74, 6) is 2.48. The summed E-state index contributed by atoms with van der Waals surface area (Å²) in [6.45, 7) is 1.71. The van der Waals surface area contributed by atoms with Gasteiger partial charge in [-0.15, -0.1) is 0 Å². The molecular weight excluding hydrogens is 328 g/mol. The van der Waals surface area contributed by atoms with E-state index in [4.69, 9.17) is 19.9 Å². The van der Waals surface area contributed by atoms with Crippen molar-refractivity contribution in [3.63, 3.8) is 0 Å². The highest BCUT2D eigenvalue weighted by Gasteiger charge is 2.22. The minimum absolute atomic E-state index is 0.357. The minimum atomic E-state index is 0.357. The monoisotopic (exact) mass is 356 g/mol. The fourth-order valence-corrected chi connectivity index (χ4v) is 3.43. The van der Waals surface area contributed by atoms with Crippen molar-refractivity contribution in [1.29, 1.82) is 0 Å². The summed E-state index contributed by atoms with van der Waals surface area (Å²) in [6.07, 6.45) is 4.21. The number of nitrogens with two attached hydrogens (primary N) is 1. The Balaban J connectivity index is 1.52. The van der Waals surface area contributed by atoms with E-state index in [1.807, 2.05) is 24.3 Å². The van der Waals surface area contributed by atoms with Gasteiger partial charge in [-0.1, -0.05) is 0 Å². The molecule has 5 nitrogen and oxygen atoms in total. The fourth-order valence-electron chi connectivity index (χ4n) is 3.43. The molecule has 0 saturated heterocycles. The highest BCUT2D eigenvalue weighted by Crippen LogP contribution is 2.36. The lowest BCUT2D eigenvalue weighted by atomic mass is 9.90. The fraction of sp³-hybridized carbons (Fsp3) is 0.429. The maximum absolute atomic E-state index is 5.77. The van der Waals surface area contributed by atoms with Crippen LogP contribution >= 0.6 is 0 Å². The summed E-state index contributed by atoms with van der Waals surface area (Å²) in [7, 11) is 3.37. The predicted octanol–water partition coefficient (Wildman–Crippen LogP) is 3.72. The number of unbranched alkanes of at least 4 members (excludes halogenated alkanes) is 1. The largest absolute Gasteiger partial charge is 0.494 e. The van der Waals surface area contributed by atoms with E-state index in [0.29, 0.717) is 6.04 Å². The third-order valence-electron chi connectivity index (χ3n) is 4.84. The summed E-state index contributed by atoms with van der Waals surface area (Å²) < 4.78 is 16.7. The SMILES string of the molecule is COc1cc2c(cc1OC)C(CCCCOc1ccc(N)cc1)NCC2. The van der Waals surface area contributed by atoms with Gasteiger partial charge in [-0.2, -0.15) is 0 Å². The standard InChI is InChI=1S/C21H28N2O3/c1-24-20-13-15-10-11-23-19(18(15)14-21(20)25-2)5-3-4-12-26-17-8-6-16(22)7-9-17/h6-9,13-14,19,23H,3-5,10-12,22H2,1-2H3. The van der Waals surface area contributed by atoms with Crippen LogP contribution in [0.5, 0.6) is 17.2 Å². The van der Waals surface area contributed by atoms with E-state index in [0.717, 1.165) is 61.8 Å². The molecule has 0 radical (unpaired) electrons. The van der Waals surface area contributed by atoms with Gasteiger partial charge in [0, 0.05) is 11.7 Å². The van der Waals surface area contributed by atoms with Crippen LogP contribution in [0.15, 0.2) is 36.4 Å². The average Bonchev–Trinajstić information content (AvgIpc) is 2.68. The number of hydrogen-bond acceptors (Lipinski definition) is 5. The summed E-state index contributed by atoms with van der Waals surface area (Å²) in [5, 5.41) is 3.63. The zero-order chi connectivity index (χ0) is 18.4. The van der Waals surface area contributed by atoms with Gasteiger partial charge in [0.05, 0.1) is 20.8 Å². The predicted molar refractivity (Wildman–Crippen MR) is 104 cm³/mol. The molecule has 3 rings (SSSR count). The number of nitrogen functional groups attached to an aromatic ring is 1. The number of rotatable bonds is 8. The first-order chi connectivity index (χ1) is 12.7. The van der Waals surface area contributed by atoms with Gasteiger partial charge in [-0.25, -0.2) is 0 Å². The number of fused-ring (bicyclic) bond motifs is 1. The number of benzene rings is 2. The maximum Gasteiger partial charge on any atom is 0.161 e. The van der Waals surface area contributed by atoms with Crippen LogP contribution in [-0.2, 0) is 6.42 Å². The number of anilines is 1. The van der Waals surface area contributed by atoms with Crippen molar-refractivity contribution in [2.75, 3.05) is 33.1 Å². The van der Waals surface area contributed by atoms with E-state index in [1.165, 1.54) is 11.1 Å². The maximum atomic E-state index is 5.77. The lowest BCUT2D eigenvalue weighted by molar-refractivity contribution is 0.300. The second-order valence-corrected chi connectivity index (χ2v) is 6.58. The van der Waals surface area contributed by atoms with Crippen LogP contribution in [0.2, 0.25) is 0 Å². The van der Waals surface area contributed by atoms with Gasteiger partial charge >= 0.3 is 0 Å². The molecule has 0 spiro atoms. The molecule has 0 amide bonds. The molecule has 3 N–H and O–H groups in total. The average molecular weight is 356 g/mol. The van der Waals surface area contributed by atoms with Crippen molar-refractivity contribution in [3.8, 4) is 17.2 Å². The normalized spacial score (nSPS) is 16.0. The topological polar surface area (TPSA) is 65.7 Å². The van der Waals surface area contributed by atoms with E-state index in [-0.39, 0.29) is 0 Å². The lowest BCUT2D eigenvalue weighted by Crippen LogP contribution is -2.30. The van der Waals surface area contributed by atoms with Crippen LogP contribution in [0.3, 0.4) is 0 Å². The Labute approximate surface area is 155 Å². The number of ether oxygens (including phenoxy) is 3. The Kier molecular flexibility index (Phi) is 6.23. The molecule has 0 saturated carbocycles. The minimum Gasteiger partial charge on any atom is -0.494 e. The molecule has 140 valence electrons. The molecule has 2 aromatic rings. The van der Waals surface area contributed by atoms with E-state index in [2.05, 4.69) is 17.4 Å². The summed E-state index contributed by atoms with van der Waals surface area (Å²) in [6, 6.07) is 12.1. The molecule has 0 aliphatic carbocycles. The smallest absolute Gasteiger partial charge is 0.161 e. The quantitative estimate of drug-likeness (QED) is 0.557. The Hall–Kier alpha value is -2.40. The Morgan fingerprint density at radius 1 is 1.04 bits per heavy atom. The molecule has 5 heteroatoms. The first kappa shape index (κ1) is 18.4. The number of nitrogens with one attached hydrogen (secondary N) is 1. The van der Waals surface area contributed by atoms with Gasteiger partial charge in [0.2, 0.25) is 0 Å². The van der Waals surface area contributed by atoms with Crippen LogP contribution in [0.1, 0.15) is 36.4 Å². The Morgan fingerprint density at radius 3 is 2.50 bits per heavy atom. The van der Waals surface area contributed by atoms with E-state index in [1.54, 1.807) is 14.2 Å². The van der Waals surface area contributed by atoms with Crippen molar-refractivity contribution in [2.45, 2.75) is 31.7 Å². The number of methoxy groups -OCH3 is 2. The Bertz CT molecular complexity index is 716. The summed E-state index contributed by atoms with van der Waals surface area (Å²) in [4.78, 5) is 0. The highest BCUT2D eigenvalue weighted by molar-refractivity contribution is 5.49. The summed E-state index contributed by atoms with van der Waals surface area (Å²) >= 11 is 0. The van der Waals surface area contributed by atoms with Crippen molar-refractivity contribution in [3.05, 3.63) is 47.5 Å². The van der Waals surface area contributed by atoms with Gasteiger partial charge in [-0.3, -0.25) is 0 Å². The van der Waals surface area contributed by atoms with E-state index in [9.17, 15) is 0 Å². The van der Waals surface area contributed by atoms with Gasteiger partial charge in [0.1, 0.15) is 5.75 Å². The van der Waals surface area contributed by atoms with Gasteiger partial charge < -0.3 is 25.3 Å². The highest BCUT2D eigenvalue weighted by atomic mass is 16.5. The molecular formula is C21H28N2O3. The third-order valence-corrected chi connectivity index (χ3v) is 4.84.